The van der Waals surface area contributed by atoms with Gasteiger partial charge in [0.15, 0.2) is 0 Å². The zero-order valence-corrected chi connectivity index (χ0v) is 19.0. The summed E-state index contributed by atoms with van der Waals surface area (Å²) in [5, 5.41) is 5.46. The van der Waals surface area contributed by atoms with E-state index < -0.39 is 0 Å². The average molecular weight is 409 g/mol. The van der Waals surface area contributed by atoms with Crippen LogP contribution in [0.3, 0.4) is 0 Å². The van der Waals surface area contributed by atoms with E-state index in [9.17, 15) is 0 Å². The molecule has 3 rings (SSSR count). The number of aromatic nitrogens is 2. The van der Waals surface area contributed by atoms with E-state index in [1.54, 1.807) is 18.3 Å². The topological polar surface area (TPSA) is 63.8 Å². The minimum absolute atomic E-state index is 0.265. The predicted molar refractivity (Wildman–Crippen MR) is 123 cm³/mol. The summed E-state index contributed by atoms with van der Waals surface area (Å²) in [6, 6.07) is 0.449. The van der Waals surface area contributed by atoms with E-state index in [0.29, 0.717) is 12.6 Å². The first kappa shape index (κ1) is 25.4. The van der Waals surface area contributed by atoms with Crippen molar-refractivity contribution in [2.75, 3.05) is 11.9 Å². The molecule has 0 saturated heterocycles. The van der Waals surface area contributed by atoms with Crippen molar-refractivity contribution < 1.29 is 0 Å². The molecular formula is C21H33ClN4S. The second-order valence-electron chi connectivity index (χ2n) is 5.26. The van der Waals surface area contributed by atoms with Crippen molar-refractivity contribution in [1.82, 2.24) is 9.97 Å². The lowest BCUT2D eigenvalue weighted by molar-refractivity contribution is 0.606. The number of aryl methyl sites for hydroxylation is 1. The van der Waals surface area contributed by atoms with Crippen molar-refractivity contribution in [3.63, 3.8) is 0 Å². The lowest BCUT2D eigenvalue weighted by Crippen LogP contribution is -2.19. The maximum absolute atomic E-state index is 5.87. The second kappa shape index (κ2) is 15.4. The lowest BCUT2D eigenvalue weighted by atomic mass is 10.0. The minimum Gasteiger partial charge on any atom is -0.358 e. The van der Waals surface area contributed by atoms with Crippen molar-refractivity contribution in [3.8, 4) is 11.8 Å². The van der Waals surface area contributed by atoms with Crippen LogP contribution in [0.15, 0.2) is 17.5 Å². The molecular weight excluding hydrogens is 376 g/mol. The third kappa shape index (κ3) is 9.23. The standard InChI is InChI=1S/C11H10ClN3S.C6H11N.2C2H6/c1-3-4-5-13-10-9-8(7(2)6-16-9)14-11(12)15-10;7-6-4-2-1-3-5-6;2*1-2/h6H,5H2,1-2H3,(H,13,14,15);1-2,6H,3-5,7H2;2*1-2H3. The van der Waals surface area contributed by atoms with Gasteiger partial charge in [-0.15, -0.1) is 17.3 Å². The molecule has 1 unspecified atom stereocenters. The van der Waals surface area contributed by atoms with E-state index in [1.807, 2.05) is 40.0 Å². The van der Waals surface area contributed by atoms with E-state index in [0.717, 1.165) is 28.0 Å². The summed E-state index contributed by atoms with van der Waals surface area (Å²) in [7, 11) is 0. The molecule has 3 N–H and O–H groups in total. The quantitative estimate of drug-likeness (QED) is 0.353. The van der Waals surface area contributed by atoms with Gasteiger partial charge in [0.2, 0.25) is 5.28 Å². The number of halogens is 1. The first-order valence-electron chi connectivity index (χ1n) is 9.57. The Morgan fingerprint density at radius 2 is 1.96 bits per heavy atom. The molecule has 0 radical (unpaired) electrons. The Balaban J connectivity index is 0.000000514. The summed E-state index contributed by atoms with van der Waals surface area (Å²) in [5.41, 5.74) is 7.62. The van der Waals surface area contributed by atoms with E-state index in [1.165, 1.54) is 12.8 Å². The van der Waals surface area contributed by atoms with Crippen molar-refractivity contribution >= 4 is 39.0 Å². The van der Waals surface area contributed by atoms with E-state index in [-0.39, 0.29) is 5.28 Å². The highest BCUT2D eigenvalue weighted by molar-refractivity contribution is 7.18. The molecule has 27 heavy (non-hydrogen) atoms. The van der Waals surface area contributed by atoms with Gasteiger partial charge in [-0.2, -0.15) is 4.98 Å². The van der Waals surface area contributed by atoms with Gasteiger partial charge >= 0.3 is 0 Å². The van der Waals surface area contributed by atoms with Gasteiger partial charge in [-0.25, -0.2) is 4.98 Å². The summed E-state index contributed by atoms with van der Waals surface area (Å²) >= 11 is 7.48. The Morgan fingerprint density at radius 3 is 2.48 bits per heavy atom. The maximum atomic E-state index is 5.87. The van der Waals surface area contributed by atoms with Crippen LogP contribution in [0.25, 0.3) is 10.2 Å². The molecule has 4 nitrogen and oxygen atoms in total. The van der Waals surface area contributed by atoms with Crippen LogP contribution < -0.4 is 11.1 Å². The fourth-order valence-corrected chi connectivity index (χ4v) is 3.28. The molecule has 0 amide bonds. The summed E-state index contributed by atoms with van der Waals surface area (Å²) in [6.45, 7) is 12.4. The molecule has 1 aliphatic carbocycles. The Hall–Kier alpha value is -1.61. The number of allylic oxidation sites excluding steroid dienone is 1. The number of thiophene rings is 1. The molecule has 1 atom stereocenters. The van der Waals surface area contributed by atoms with Crippen molar-refractivity contribution in [3.05, 3.63) is 28.4 Å². The molecule has 1 aliphatic rings. The smallest absolute Gasteiger partial charge is 0.224 e. The minimum atomic E-state index is 0.265. The van der Waals surface area contributed by atoms with Crippen LogP contribution in [0, 0.1) is 18.8 Å². The highest BCUT2D eigenvalue weighted by Gasteiger charge is 2.09. The number of nitrogens with zero attached hydrogens (tertiary/aromatic N) is 2. The molecule has 150 valence electrons. The average Bonchev–Trinajstić information content (AvgIpc) is 3.07. The molecule has 0 fully saturated rings. The van der Waals surface area contributed by atoms with Crippen LogP contribution in [0.5, 0.6) is 0 Å². The first-order valence-corrected chi connectivity index (χ1v) is 10.8. The van der Waals surface area contributed by atoms with Gasteiger partial charge in [-0.1, -0.05) is 45.8 Å². The summed E-state index contributed by atoms with van der Waals surface area (Å²) in [5.74, 6) is 6.51. The van der Waals surface area contributed by atoms with Crippen molar-refractivity contribution in [1.29, 1.82) is 0 Å². The molecule has 0 aromatic carbocycles. The maximum Gasteiger partial charge on any atom is 0.224 e. The normalized spacial score (nSPS) is 14.3. The van der Waals surface area contributed by atoms with Crippen LogP contribution in [0.4, 0.5) is 5.82 Å². The number of nitrogens with two attached hydrogens (primary N) is 1. The van der Waals surface area contributed by atoms with Gasteiger partial charge in [0.1, 0.15) is 5.82 Å². The van der Waals surface area contributed by atoms with Crippen LogP contribution >= 0.6 is 22.9 Å². The Bertz CT molecular complexity index is 744. The van der Waals surface area contributed by atoms with Crippen LogP contribution in [-0.4, -0.2) is 22.6 Å². The van der Waals surface area contributed by atoms with Gasteiger partial charge in [0.25, 0.3) is 0 Å². The molecule has 2 aromatic heterocycles. The predicted octanol–water partition coefficient (Wildman–Crippen LogP) is 6.19. The summed E-state index contributed by atoms with van der Waals surface area (Å²) in [4.78, 5) is 8.39. The number of nitrogens with one attached hydrogen (secondary N) is 1. The Morgan fingerprint density at radius 1 is 1.26 bits per heavy atom. The van der Waals surface area contributed by atoms with Gasteiger partial charge < -0.3 is 11.1 Å². The van der Waals surface area contributed by atoms with Crippen LogP contribution in [0.1, 0.15) is 59.4 Å². The molecule has 0 spiro atoms. The Labute approximate surface area is 173 Å². The zero-order chi connectivity index (χ0) is 20.7. The third-order valence-corrected chi connectivity index (χ3v) is 4.66. The highest BCUT2D eigenvalue weighted by atomic mass is 35.5. The van der Waals surface area contributed by atoms with E-state index in [2.05, 4.69) is 39.3 Å². The highest BCUT2D eigenvalue weighted by Crippen LogP contribution is 2.30. The molecule has 2 heterocycles. The second-order valence-corrected chi connectivity index (χ2v) is 6.48. The molecule has 6 heteroatoms. The monoisotopic (exact) mass is 408 g/mol. The SMILES string of the molecule is CC.CC.CC#CCNc1nc(Cl)nc2c(C)csc12.NC1CC=CCC1. The number of hydrogen-bond acceptors (Lipinski definition) is 5. The summed E-state index contributed by atoms with van der Waals surface area (Å²) < 4.78 is 1.03. The van der Waals surface area contributed by atoms with Gasteiger partial charge in [-0.05, 0) is 55.7 Å². The Kier molecular flexibility index (Phi) is 14.5. The number of anilines is 1. The number of hydrogen-bond donors (Lipinski definition) is 2. The van der Waals surface area contributed by atoms with Gasteiger partial charge in [0, 0.05) is 6.04 Å². The van der Waals surface area contributed by atoms with Crippen LogP contribution in [-0.2, 0) is 0 Å². The fourth-order valence-electron chi connectivity index (χ4n) is 2.16. The number of fused-ring (bicyclic) bond motifs is 1. The molecule has 0 saturated carbocycles. The fraction of sp³-hybridized carbons (Fsp3) is 0.524. The third-order valence-electron chi connectivity index (χ3n) is 3.40. The van der Waals surface area contributed by atoms with Crippen molar-refractivity contribution in [2.24, 2.45) is 5.73 Å². The van der Waals surface area contributed by atoms with Gasteiger partial charge in [-0.3, -0.25) is 0 Å². The van der Waals surface area contributed by atoms with Gasteiger partial charge in [0.05, 0.1) is 16.8 Å². The molecule has 2 aromatic rings. The van der Waals surface area contributed by atoms with Crippen molar-refractivity contribution in [2.45, 2.75) is 66.8 Å². The molecule has 0 bridgehead atoms. The summed E-state index contributed by atoms with van der Waals surface area (Å²) in [6.07, 6.45) is 7.80. The number of rotatable bonds is 2. The van der Waals surface area contributed by atoms with E-state index >= 15 is 0 Å². The first-order chi connectivity index (χ1) is 13.1. The molecule has 0 aliphatic heterocycles. The zero-order valence-electron chi connectivity index (χ0n) is 17.4. The van der Waals surface area contributed by atoms with Crippen LogP contribution in [0.2, 0.25) is 5.28 Å². The van der Waals surface area contributed by atoms with E-state index in [4.69, 9.17) is 17.3 Å². The lowest BCUT2D eigenvalue weighted by Gasteiger charge is -2.09. The largest absolute Gasteiger partial charge is 0.358 e.